The molecular formula is C33H35FN4O7S. The fraction of sp³-hybridized carbons (Fsp3) is 0.303. The van der Waals surface area contributed by atoms with E-state index in [4.69, 9.17) is 15.2 Å². The largest absolute Gasteiger partial charge is 0.493 e. The number of carbonyl (C=O) groups excluding carboxylic acids is 1. The quantitative estimate of drug-likeness (QED) is 0.213. The van der Waals surface area contributed by atoms with E-state index >= 15 is 4.39 Å². The molecule has 4 N–H and O–H groups in total. The second-order valence-corrected chi connectivity index (χ2v) is 13.8. The number of carboxylic acids is 1. The number of nitrogens with zero attached hydrogens (tertiary/aromatic N) is 2. The van der Waals surface area contributed by atoms with Crippen LogP contribution in [0.4, 0.5) is 15.9 Å². The van der Waals surface area contributed by atoms with Gasteiger partial charge in [-0.3, -0.25) is 9.59 Å². The number of nitrogens with two attached hydrogens (primary N) is 1. The molecule has 1 fully saturated rings. The van der Waals surface area contributed by atoms with E-state index in [0.717, 1.165) is 6.07 Å². The van der Waals surface area contributed by atoms with Crippen molar-refractivity contribution >= 4 is 44.0 Å². The van der Waals surface area contributed by atoms with Gasteiger partial charge in [0.25, 0.3) is 0 Å². The van der Waals surface area contributed by atoms with E-state index in [1.54, 1.807) is 42.6 Å². The van der Waals surface area contributed by atoms with Crippen LogP contribution in [0.2, 0.25) is 0 Å². The SMILES string of the molecule is COc1cc(F)c(C(Nc2ccc3c(N)nccc3c2)C(=O)N2CCC(C(=O)O)C2c2ccccc2S(=O)(=O)C(C)C)cc1OC. The van der Waals surface area contributed by atoms with Crippen LogP contribution < -0.4 is 20.5 Å². The van der Waals surface area contributed by atoms with Crippen LogP contribution in [0.3, 0.4) is 0 Å². The van der Waals surface area contributed by atoms with Crippen molar-refractivity contribution in [2.24, 2.45) is 5.92 Å². The first kappa shape index (κ1) is 32.5. The fourth-order valence-electron chi connectivity index (χ4n) is 5.91. The summed E-state index contributed by atoms with van der Waals surface area (Å²) in [6.07, 6.45) is 1.60. The van der Waals surface area contributed by atoms with E-state index in [1.807, 2.05) is 0 Å². The molecule has 11 nitrogen and oxygen atoms in total. The van der Waals surface area contributed by atoms with Gasteiger partial charge in [-0.2, -0.15) is 0 Å². The molecule has 5 rings (SSSR count). The molecule has 0 bridgehead atoms. The molecule has 1 aliphatic rings. The summed E-state index contributed by atoms with van der Waals surface area (Å²) in [6.45, 7) is 3.06. The van der Waals surface area contributed by atoms with Crippen molar-refractivity contribution in [2.45, 2.75) is 42.5 Å². The van der Waals surface area contributed by atoms with Crippen molar-refractivity contribution in [3.05, 3.63) is 83.8 Å². The number of hydrogen-bond acceptors (Lipinski definition) is 9. The Hall–Kier alpha value is -4.91. The highest BCUT2D eigenvalue weighted by atomic mass is 32.2. The lowest BCUT2D eigenvalue weighted by Gasteiger charge is -2.33. The Morgan fingerprint density at radius 2 is 1.76 bits per heavy atom. The zero-order chi connectivity index (χ0) is 33.3. The molecule has 242 valence electrons. The topological polar surface area (TPSA) is 161 Å². The highest BCUT2D eigenvalue weighted by Gasteiger charge is 2.46. The molecule has 2 heterocycles. The number of pyridine rings is 1. The predicted molar refractivity (Wildman–Crippen MR) is 171 cm³/mol. The molecule has 1 saturated heterocycles. The number of likely N-dealkylation sites (tertiary alicyclic amines) is 1. The molecule has 1 amide bonds. The van der Waals surface area contributed by atoms with E-state index in [1.165, 1.54) is 51.2 Å². The Kier molecular flexibility index (Phi) is 9.06. The number of fused-ring (bicyclic) bond motifs is 1. The normalized spacial score (nSPS) is 17.2. The second-order valence-electron chi connectivity index (χ2n) is 11.3. The molecule has 46 heavy (non-hydrogen) atoms. The Labute approximate surface area is 266 Å². The van der Waals surface area contributed by atoms with Crippen molar-refractivity contribution in [1.29, 1.82) is 0 Å². The van der Waals surface area contributed by atoms with Gasteiger partial charge in [-0.05, 0) is 67.6 Å². The van der Waals surface area contributed by atoms with Gasteiger partial charge in [-0.25, -0.2) is 17.8 Å². The van der Waals surface area contributed by atoms with Gasteiger partial charge in [-0.15, -0.1) is 0 Å². The minimum absolute atomic E-state index is 0.0104. The maximum absolute atomic E-state index is 15.8. The van der Waals surface area contributed by atoms with Crippen LogP contribution in [0.25, 0.3) is 10.8 Å². The molecule has 0 saturated carbocycles. The lowest BCUT2D eigenvalue weighted by atomic mass is 9.93. The van der Waals surface area contributed by atoms with Gasteiger partial charge < -0.3 is 30.5 Å². The van der Waals surface area contributed by atoms with E-state index in [-0.39, 0.29) is 40.5 Å². The van der Waals surface area contributed by atoms with Crippen molar-refractivity contribution in [1.82, 2.24) is 9.88 Å². The molecular weight excluding hydrogens is 615 g/mol. The Bertz CT molecular complexity index is 1920. The number of amides is 1. The highest BCUT2D eigenvalue weighted by Crippen LogP contribution is 2.43. The smallest absolute Gasteiger partial charge is 0.309 e. The summed E-state index contributed by atoms with van der Waals surface area (Å²) in [7, 11) is -1.13. The molecule has 0 spiro atoms. The van der Waals surface area contributed by atoms with Crippen LogP contribution >= 0.6 is 0 Å². The van der Waals surface area contributed by atoms with Gasteiger partial charge in [0.15, 0.2) is 21.3 Å². The summed E-state index contributed by atoms with van der Waals surface area (Å²) in [5.41, 5.74) is 6.57. The van der Waals surface area contributed by atoms with Crippen LogP contribution in [0.5, 0.6) is 11.5 Å². The molecule has 0 aliphatic carbocycles. The summed E-state index contributed by atoms with van der Waals surface area (Å²) in [4.78, 5) is 32.6. The average molecular weight is 651 g/mol. The van der Waals surface area contributed by atoms with Crippen LogP contribution in [-0.2, 0) is 19.4 Å². The molecule has 1 aliphatic heterocycles. The maximum Gasteiger partial charge on any atom is 0.309 e. The standard InChI is InChI=1S/C33H35FN4O7S/c1-18(2)46(42,43)28-8-6-5-7-22(28)30-23(33(40)41)12-14-38(30)32(39)29(24-16-26(44-3)27(45-4)17-25(24)34)37-20-9-10-21-19(15-20)11-13-36-31(21)35/h5-11,13,15-18,23,29-30,37H,12,14H2,1-4H3,(H2,35,36)(H,40,41). The summed E-state index contributed by atoms with van der Waals surface area (Å²) < 4.78 is 53.3. The van der Waals surface area contributed by atoms with Gasteiger partial charge in [0.2, 0.25) is 5.91 Å². The van der Waals surface area contributed by atoms with Crippen molar-refractivity contribution in [3.8, 4) is 11.5 Å². The number of aromatic nitrogens is 1. The number of anilines is 2. The van der Waals surface area contributed by atoms with E-state index in [9.17, 15) is 23.1 Å². The number of ether oxygens (including phenoxy) is 2. The third-order valence-corrected chi connectivity index (χ3v) is 10.6. The van der Waals surface area contributed by atoms with Crippen LogP contribution in [-0.4, -0.2) is 61.3 Å². The first-order valence-corrected chi connectivity index (χ1v) is 16.1. The third kappa shape index (κ3) is 5.89. The van der Waals surface area contributed by atoms with Gasteiger partial charge in [0, 0.05) is 35.4 Å². The van der Waals surface area contributed by atoms with E-state index in [2.05, 4.69) is 10.3 Å². The lowest BCUT2D eigenvalue weighted by molar-refractivity contribution is -0.143. The molecule has 3 atom stereocenters. The minimum Gasteiger partial charge on any atom is -0.493 e. The number of hydrogen-bond donors (Lipinski definition) is 3. The van der Waals surface area contributed by atoms with Crippen molar-refractivity contribution < 1.29 is 37.0 Å². The number of nitrogen functional groups attached to an aromatic ring is 1. The minimum atomic E-state index is -3.86. The van der Waals surface area contributed by atoms with E-state index < -0.39 is 50.8 Å². The molecule has 4 aromatic rings. The monoisotopic (exact) mass is 650 g/mol. The summed E-state index contributed by atoms with van der Waals surface area (Å²) in [6, 6.07) is 12.9. The summed E-state index contributed by atoms with van der Waals surface area (Å²) in [5.74, 6) is -3.12. The number of methoxy groups -OCH3 is 2. The number of nitrogens with one attached hydrogen (secondary N) is 1. The molecule has 13 heteroatoms. The fourth-order valence-corrected chi connectivity index (χ4v) is 7.20. The Morgan fingerprint density at radius 1 is 1.07 bits per heavy atom. The number of sulfone groups is 1. The average Bonchev–Trinajstić information content (AvgIpc) is 3.49. The number of benzene rings is 3. The zero-order valence-electron chi connectivity index (χ0n) is 25.7. The maximum atomic E-state index is 15.8. The molecule has 1 aromatic heterocycles. The highest BCUT2D eigenvalue weighted by molar-refractivity contribution is 7.92. The van der Waals surface area contributed by atoms with E-state index in [0.29, 0.717) is 22.3 Å². The second kappa shape index (κ2) is 12.8. The number of carbonyl (C=O) groups is 2. The van der Waals surface area contributed by atoms with Crippen LogP contribution in [0.15, 0.2) is 71.8 Å². The van der Waals surface area contributed by atoms with Crippen LogP contribution in [0.1, 0.15) is 43.5 Å². The molecule has 3 aromatic carbocycles. The lowest BCUT2D eigenvalue weighted by Crippen LogP contribution is -2.40. The number of aliphatic carboxylic acids is 1. The van der Waals surface area contributed by atoms with Crippen molar-refractivity contribution in [3.63, 3.8) is 0 Å². The predicted octanol–water partition coefficient (Wildman–Crippen LogP) is 4.98. The summed E-state index contributed by atoms with van der Waals surface area (Å²) >= 11 is 0. The first-order valence-electron chi connectivity index (χ1n) is 14.6. The van der Waals surface area contributed by atoms with Gasteiger partial charge in [0.05, 0.1) is 36.3 Å². The zero-order valence-corrected chi connectivity index (χ0v) is 26.5. The summed E-state index contributed by atoms with van der Waals surface area (Å²) in [5, 5.41) is 14.0. The number of halogens is 1. The third-order valence-electron chi connectivity index (χ3n) is 8.33. The first-order chi connectivity index (χ1) is 21.9. The van der Waals surface area contributed by atoms with Gasteiger partial charge in [-0.1, -0.05) is 18.2 Å². The Morgan fingerprint density at radius 3 is 2.43 bits per heavy atom. The number of carboxylic acid groups (broad SMARTS) is 1. The van der Waals surface area contributed by atoms with Gasteiger partial charge >= 0.3 is 5.97 Å². The number of rotatable bonds is 10. The Balaban J connectivity index is 1.66. The molecule has 3 unspecified atom stereocenters. The van der Waals surface area contributed by atoms with Crippen molar-refractivity contribution in [2.75, 3.05) is 31.8 Å². The van der Waals surface area contributed by atoms with Crippen LogP contribution in [0, 0.1) is 11.7 Å². The van der Waals surface area contributed by atoms with Gasteiger partial charge in [0.1, 0.15) is 17.7 Å². The molecule has 0 radical (unpaired) electrons.